The number of nitrogens with one attached hydrogen (secondary N) is 2. The number of amides is 1. The zero-order valence-corrected chi connectivity index (χ0v) is 13.8. The molecule has 3 rings (SSSR count). The summed E-state index contributed by atoms with van der Waals surface area (Å²) in [5, 5.41) is 9.83. The molecule has 1 aromatic carbocycles. The van der Waals surface area contributed by atoms with Gasteiger partial charge in [-0.15, -0.1) is 0 Å². The van der Waals surface area contributed by atoms with E-state index >= 15 is 0 Å². The van der Waals surface area contributed by atoms with Crippen molar-refractivity contribution in [1.29, 1.82) is 0 Å². The highest BCUT2D eigenvalue weighted by Crippen LogP contribution is 2.20. The molecule has 0 unspecified atom stereocenters. The van der Waals surface area contributed by atoms with Gasteiger partial charge in [-0.3, -0.25) is 4.79 Å². The first-order chi connectivity index (χ1) is 11.5. The summed E-state index contributed by atoms with van der Waals surface area (Å²) in [4.78, 5) is 16.6. The van der Waals surface area contributed by atoms with E-state index in [1.165, 1.54) is 0 Å². The van der Waals surface area contributed by atoms with Gasteiger partial charge in [0, 0.05) is 11.8 Å². The molecule has 6 nitrogen and oxygen atoms in total. The Morgan fingerprint density at radius 1 is 1.08 bits per heavy atom. The predicted octanol–water partition coefficient (Wildman–Crippen LogP) is 3.99. The number of aryl methyl sites for hydroxylation is 3. The third-order valence-corrected chi connectivity index (χ3v) is 3.62. The lowest BCUT2D eigenvalue weighted by Gasteiger charge is -2.11. The average Bonchev–Trinajstić information content (AvgIpc) is 2.96. The first kappa shape index (κ1) is 15.7. The van der Waals surface area contributed by atoms with Crippen molar-refractivity contribution in [2.45, 2.75) is 20.8 Å². The Balaban J connectivity index is 1.72. The van der Waals surface area contributed by atoms with Crippen LogP contribution in [-0.2, 0) is 0 Å². The highest BCUT2D eigenvalue weighted by molar-refractivity contribution is 6.03. The molecule has 0 radical (unpaired) electrons. The van der Waals surface area contributed by atoms with Crippen LogP contribution in [0.3, 0.4) is 0 Å². The first-order valence-corrected chi connectivity index (χ1v) is 7.57. The topological polar surface area (TPSA) is 80.0 Å². The number of carbonyl (C=O) groups excluding carboxylic acids is 1. The van der Waals surface area contributed by atoms with Gasteiger partial charge in [0.1, 0.15) is 11.5 Å². The molecule has 0 atom stereocenters. The second-order valence-corrected chi connectivity index (χ2v) is 5.60. The van der Waals surface area contributed by atoms with Crippen LogP contribution in [0.25, 0.3) is 0 Å². The number of rotatable bonds is 4. The van der Waals surface area contributed by atoms with Crippen LogP contribution in [0.2, 0.25) is 0 Å². The van der Waals surface area contributed by atoms with Gasteiger partial charge in [-0.25, -0.2) is 4.98 Å². The van der Waals surface area contributed by atoms with Gasteiger partial charge in [0.05, 0.1) is 11.9 Å². The molecule has 0 aliphatic carbocycles. The molecular formula is C18H18N4O2. The Bertz CT molecular complexity index is 849. The van der Waals surface area contributed by atoms with Crippen LogP contribution < -0.4 is 10.6 Å². The van der Waals surface area contributed by atoms with Gasteiger partial charge in [-0.1, -0.05) is 23.4 Å². The predicted molar refractivity (Wildman–Crippen MR) is 92.6 cm³/mol. The van der Waals surface area contributed by atoms with Crippen LogP contribution >= 0.6 is 0 Å². The third kappa shape index (κ3) is 3.43. The highest BCUT2D eigenvalue weighted by Gasteiger charge is 2.11. The number of carbonyl (C=O) groups is 1. The minimum atomic E-state index is -0.240. The van der Waals surface area contributed by atoms with E-state index in [9.17, 15) is 4.79 Å². The summed E-state index contributed by atoms with van der Waals surface area (Å²) < 4.78 is 4.99. The molecule has 2 heterocycles. The molecule has 2 aromatic heterocycles. The van der Waals surface area contributed by atoms with Crippen LogP contribution in [-0.4, -0.2) is 16.0 Å². The number of hydrogen-bond acceptors (Lipinski definition) is 5. The fourth-order valence-electron chi connectivity index (χ4n) is 2.36. The minimum Gasteiger partial charge on any atom is -0.360 e. The molecule has 0 aliphatic rings. The van der Waals surface area contributed by atoms with Gasteiger partial charge < -0.3 is 15.2 Å². The number of aromatic nitrogens is 2. The Morgan fingerprint density at radius 2 is 1.83 bits per heavy atom. The molecular weight excluding hydrogens is 304 g/mol. The van der Waals surface area contributed by atoms with Crippen molar-refractivity contribution in [2.24, 2.45) is 0 Å². The lowest BCUT2D eigenvalue weighted by atomic mass is 10.1. The monoisotopic (exact) mass is 322 g/mol. The quantitative estimate of drug-likeness (QED) is 0.759. The zero-order chi connectivity index (χ0) is 17.1. The molecule has 1 amide bonds. The van der Waals surface area contributed by atoms with Gasteiger partial charge in [0.2, 0.25) is 0 Å². The summed E-state index contributed by atoms with van der Waals surface area (Å²) in [6.45, 7) is 5.74. The molecule has 0 aliphatic heterocycles. The number of nitrogens with zero attached hydrogens (tertiary/aromatic N) is 2. The zero-order valence-electron chi connectivity index (χ0n) is 13.8. The van der Waals surface area contributed by atoms with Crippen molar-refractivity contribution in [3.05, 3.63) is 65.2 Å². The fraction of sp³-hybridized carbons (Fsp3) is 0.167. The summed E-state index contributed by atoms with van der Waals surface area (Å²) in [5.41, 5.74) is 3.93. The molecule has 6 heteroatoms. The van der Waals surface area contributed by atoms with Gasteiger partial charge in [0.25, 0.3) is 5.91 Å². The van der Waals surface area contributed by atoms with E-state index in [1.54, 1.807) is 24.4 Å². The third-order valence-electron chi connectivity index (χ3n) is 3.62. The van der Waals surface area contributed by atoms with E-state index in [-0.39, 0.29) is 5.91 Å². The largest absolute Gasteiger partial charge is 0.360 e. The lowest BCUT2D eigenvalue weighted by molar-refractivity contribution is 0.102. The van der Waals surface area contributed by atoms with Crippen LogP contribution in [0, 0.1) is 20.8 Å². The number of para-hydroxylation sites is 1. The fourth-order valence-corrected chi connectivity index (χ4v) is 2.36. The number of hydrogen-bond donors (Lipinski definition) is 2. The van der Waals surface area contributed by atoms with E-state index in [0.29, 0.717) is 11.5 Å². The summed E-state index contributed by atoms with van der Waals surface area (Å²) in [6.07, 6.45) is 1.59. The minimum absolute atomic E-state index is 0.240. The second kappa shape index (κ2) is 6.54. The van der Waals surface area contributed by atoms with Crippen molar-refractivity contribution in [3.8, 4) is 0 Å². The Hall–Kier alpha value is -3.15. The maximum Gasteiger partial charge on any atom is 0.274 e. The van der Waals surface area contributed by atoms with Crippen molar-refractivity contribution in [2.75, 3.05) is 10.6 Å². The van der Waals surface area contributed by atoms with E-state index < -0.39 is 0 Å². The van der Waals surface area contributed by atoms with E-state index in [1.807, 2.05) is 39.0 Å². The molecule has 0 saturated heterocycles. The summed E-state index contributed by atoms with van der Waals surface area (Å²) in [6, 6.07) is 11.1. The molecule has 122 valence electrons. The van der Waals surface area contributed by atoms with Crippen molar-refractivity contribution in [1.82, 2.24) is 10.1 Å². The molecule has 24 heavy (non-hydrogen) atoms. The number of anilines is 3. The van der Waals surface area contributed by atoms with E-state index in [2.05, 4.69) is 20.8 Å². The molecule has 0 bridgehead atoms. The number of benzene rings is 1. The lowest BCUT2D eigenvalue weighted by Crippen LogP contribution is -2.15. The summed E-state index contributed by atoms with van der Waals surface area (Å²) in [5.74, 6) is 1.08. The van der Waals surface area contributed by atoms with Crippen LogP contribution in [0.15, 0.2) is 47.1 Å². The molecule has 0 spiro atoms. The first-order valence-electron chi connectivity index (χ1n) is 7.57. The van der Waals surface area contributed by atoms with Crippen LogP contribution in [0.4, 0.5) is 17.2 Å². The standard InChI is InChI=1S/C18H18N4O2/c1-11-5-4-6-12(2)17(11)21-18(23)15-8-7-14(10-19-15)20-16-9-13(3)24-22-16/h4-10H,1-3H3,(H,20,22)(H,21,23). The molecule has 0 saturated carbocycles. The van der Waals surface area contributed by atoms with Gasteiger partial charge in [0.15, 0.2) is 5.82 Å². The van der Waals surface area contributed by atoms with Gasteiger partial charge in [-0.05, 0) is 44.0 Å². The highest BCUT2D eigenvalue weighted by atomic mass is 16.5. The molecule has 0 fully saturated rings. The molecule has 2 N–H and O–H groups in total. The smallest absolute Gasteiger partial charge is 0.274 e. The number of pyridine rings is 1. The van der Waals surface area contributed by atoms with Gasteiger partial charge in [-0.2, -0.15) is 0 Å². The van der Waals surface area contributed by atoms with E-state index in [4.69, 9.17) is 4.52 Å². The maximum atomic E-state index is 12.4. The maximum absolute atomic E-state index is 12.4. The summed E-state index contributed by atoms with van der Waals surface area (Å²) >= 11 is 0. The summed E-state index contributed by atoms with van der Waals surface area (Å²) in [7, 11) is 0. The average molecular weight is 322 g/mol. The Kier molecular flexibility index (Phi) is 4.29. The van der Waals surface area contributed by atoms with Crippen molar-refractivity contribution < 1.29 is 9.32 Å². The Labute approximate surface area is 139 Å². The van der Waals surface area contributed by atoms with E-state index in [0.717, 1.165) is 28.3 Å². The normalized spacial score (nSPS) is 10.5. The van der Waals surface area contributed by atoms with Gasteiger partial charge >= 0.3 is 0 Å². The Morgan fingerprint density at radius 3 is 2.42 bits per heavy atom. The van der Waals surface area contributed by atoms with Crippen molar-refractivity contribution in [3.63, 3.8) is 0 Å². The van der Waals surface area contributed by atoms with Crippen LogP contribution in [0.5, 0.6) is 0 Å². The van der Waals surface area contributed by atoms with Crippen molar-refractivity contribution >= 4 is 23.1 Å². The SMILES string of the molecule is Cc1cc(Nc2ccc(C(=O)Nc3c(C)cccc3C)nc2)no1. The molecule has 3 aromatic rings. The second-order valence-electron chi connectivity index (χ2n) is 5.60. The van der Waals surface area contributed by atoms with Crippen LogP contribution in [0.1, 0.15) is 27.4 Å².